The third-order valence-corrected chi connectivity index (χ3v) is 2.47. The van der Waals surface area contributed by atoms with Crippen molar-refractivity contribution in [2.24, 2.45) is 5.92 Å². The van der Waals surface area contributed by atoms with Gasteiger partial charge in [-0.25, -0.2) is 4.79 Å². The highest BCUT2D eigenvalue weighted by Crippen LogP contribution is 2.13. The average molecular weight is 202 g/mol. The molecule has 0 aromatic heterocycles. The van der Waals surface area contributed by atoms with E-state index in [2.05, 4.69) is 13.8 Å². The molecule has 0 aliphatic heterocycles. The van der Waals surface area contributed by atoms with Gasteiger partial charge in [-0.1, -0.05) is 33.1 Å². The molecular formula is C11H22O3. The van der Waals surface area contributed by atoms with Crippen LogP contribution in [0.2, 0.25) is 0 Å². The molecule has 0 aromatic rings. The number of unbranched alkanes of at least 4 members (excludes halogenated alkanes) is 1. The van der Waals surface area contributed by atoms with E-state index in [1.165, 1.54) is 12.8 Å². The van der Waals surface area contributed by atoms with Gasteiger partial charge in [0, 0.05) is 0 Å². The minimum Gasteiger partial charge on any atom is -0.479 e. The molecule has 0 fully saturated rings. The van der Waals surface area contributed by atoms with Crippen molar-refractivity contribution in [3.8, 4) is 0 Å². The van der Waals surface area contributed by atoms with E-state index in [1.807, 2.05) is 0 Å². The van der Waals surface area contributed by atoms with Crippen LogP contribution in [0.3, 0.4) is 0 Å². The molecule has 0 saturated heterocycles. The lowest BCUT2D eigenvalue weighted by Crippen LogP contribution is -2.23. The average Bonchev–Trinajstić information content (AvgIpc) is 2.17. The molecule has 2 atom stereocenters. The fraction of sp³-hybridized carbons (Fsp3) is 0.909. The van der Waals surface area contributed by atoms with Gasteiger partial charge in [0.05, 0.1) is 6.61 Å². The molecule has 0 spiro atoms. The van der Waals surface area contributed by atoms with Gasteiger partial charge in [-0.3, -0.25) is 0 Å². The van der Waals surface area contributed by atoms with Crippen LogP contribution in [0.25, 0.3) is 0 Å². The van der Waals surface area contributed by atoms with Crippen LogP contribution in [0.5, 0.6) is 0 Å². The number of carboxylic acid groups (broad SMARTS) is 1. The Morgan fingerprint density at radius 1 is 1.43 bits per heavy atom. The van der Waals surface area contributed by atoms with Crippen molar-refractivity contribution in [3.63, 3.8) is 0 Å². The maximum absolute atomic E-state index is 10.5. The van der Waals surface area contributed by atoms with Crippen LogP contribution in [0, 0.1) is 5.92 Å². The highest BCUT2D eigenvalue weighted by atomic mass is 16.5. The Balaban J connectivity index is 3.66. The third kappa shape index (κ3) is 5.97. The first-order chi connectivity index (χ1) is 6.61. The van der Waals surface area contributed by atoms with Crippen LogP contribution in [-0.2, 0) is 9.53 Å². The second-order valence-electron chi connectivity index (χ2n) is 3.73. The summed E-state index contributed by atoms with van der Waals surface area (Å²) in [5, 5.41) is 8.62. The van der Waals surface area contributed by atoms with Gasteiger partial charge in [0.2, 0.25) is 0 Å². The van der Waals surface area contributed by atoms with Gasteiger partial charge in [0.25, 0.3) is 0 Å². The van der Waals surface area contributed by atoms with E-state index in [-0.39, 0.29) is 0 Å². The molecule has 2 unspecified atom stereocenters. The van der Waals surface area contributed by atoms with Gasteiger partial charge >= 0.3 is 5.97 Å². The molecule has 0 amide bonds. The maximum atomic E-state index is 10.5. The number of carbonyl (C=O) groups is 1. The van der Waals surface area contributed by atoms with E-state index in [4.69, 9.17) is 9.84 Å². The van der Waals surface area contributed by atoms with E-state index < -0.39 is 12.1 Å². The first kappa shape index (κ1) is 13.4. The minimum absolute atomic E-state index is 0.511. The summed E-state index contributed by atoms with van der Waals surface area (Å²) in [4.78, 5) is 10.5. The molecule has 0 aliphatic carbocycles. The molecule has 14 heavy (non-hydrogen) atoms. The molecule has 0 saturated carbocycles. The molecule has 0 rings (SSSR count). The number of hydrogen-bond donors (Lipinski definition) is 1. The summed E-state index contributed by atoms with van der Waals surface area (Å²) in [6, 6.07) is 0. The Morgan fingerprint density at radius 3 is 2.50 bits per heavy atom. The fourth-order valence-corrected chi connectivity index (χ4v) is 1.25. The summed E-state index contributed by atoms with van der Waals surface area (Å²) in [6.07, 6.45) is 3.91. The molecule has 0 radical (unpaired) electrons. The molecule has 84 valence electrons. The van der Waals surface area contributed by atoms with Crippen LogP contribution in [-0.4, -0.2) is 23.8 Å². The lowest BCUT2D eigenvalue weighted by molar-refractivity contribution is -0.150. The quantitative estimate of drug-likeness (QED) is 0.658. The molecule has 0 heterocycles. The van der Waals surface area contributed by atoms with Crippen molar-refractivity contribution >= 4 is 5.97 Å². The lowest BCUT2D eigenvalue weighted by Gasteiger charge is -2.16. The van der Waals surface area contributed by atoms with Crippen molar-refractivity contribution in [3.05, 3.63) is 0 Å². The highest BCUT2D eigenvalue weighted by molar-refractivity contribution is 5.71. The molecule has 0 aliphatic rings. The smallest absolute Gasteiger partial charge is 0.332 e. The van der Waals surface area contributed by atoms with Crippen molar-refractivity contribution in [2.75, 3.05) is 6.61 Å². The monoisotopic (exact) mass is 202 g/mol. The number of ether oxygens (including phenoxy) is 1. The molecule has 1 N–H and O–H groups in total. The van der Waals surface area contributed by atoms with Gasteiger partial charge in [-0.15, -0.1) is 0 Å². The van der Waals surface area contributed by atoms with E-state index in [0.717, 1.165) is 12.8 Å². The predicted octanol–water partition coefficient (Wildman–Crippen LogP) is 2.69. The van der Waals surface area contributed by atoms with Gasteiger partial charge in [-0.2, -0.15) is 0 Å². The van der Waals surface area contributed by atoms with Crippen molar-refractivity contribution in [2.45, 2.75) is 52.6 Å². The number of carboxylic acids is 1. The minimum atomic E-state index is -0.879. The van der Waals surface area contributed by atoms with Crippen molar-refractivity contribution in [1.82, 2.24) is 0 Å². The largest absolute Gasteiger partial charge is 0.479 e. The molecule has 0 aromatic carbocycles. The molecule has 3 heteroatoms. The lowest BCUT2D eigenvalue weighted by atomic mass is 10.0. The fourth-order valence-electron chi connectivity index (χ4n) is 1.25. The molecule has 0 bridgehead atoms. The number of rotatable bonds is 8. The molecular weight excluding hydrogens is 180 g/mol. The Kier molecular flexibility index (Phi) is 7.48. The van der Waals surface area contributed by atoms with Gasteiger partial charge in [0.1, 0.15) is 0 Å². The Bertz CT molecular complexity index is 157. The summed E-state index contributed by atoms with van der Waals surface area (Å²) in [5.74, 6) is -0.368. The third-order valence-electron chi connectivity index (χ3n) is 2.47. The zero-order valence-corrected chi connectivity index (χ0v) is 9.45. The zero-order chi connectivity index (χ0) is 11.0. The van der Waals surface area contributed by atoms with Crippen LogP contribution in [0.15, 0.2) is 0 Å². The van der Waals surface area contributed by atoms with Crippen molar-refractivity contribution in [1.29, 1.82) is 0 Å². The zero-order valence-electron chi connectivity index (χ0n) is 9.45. The Morgan fingerprint density at radius 2 is 2.07 bits per heavy atom. The van der Waals surface area contributed by atoms with Crippen molar-refractivity contribution < 1.29 is 14.6 Å². The van der Waals surface area contributed by atoms with Crippen LogP contribution >= 0.6 is 0 Å². The summed E-state index contributed by atoms with van der Waals surface area (Å²) >= 11 is 0. The maximum Gasteiger partial charge on any atom is 0.332 e. The van der Waals surface area contributed by atoms with Crippen LogP contribution in [0.1, 0.15) is 46.5 Å². The van der Waals surface area contributed by atoms with Gasteiger partial charge in [0.15, 0.2) is 6.10 Å². The van der Waals surface area contributed by atoms with Gasteiger partial charge < -0.3 is 9.84 Å². The van der Waals surface area contributed by atoms with Crippen LogP contribution < -0.4 is 0 Å². The number of hydrogen-bond acceptors (Lipinski definition) is 2. The first-order valence-corrected chi connectivity index (χ1v) is 5.46. The van der Waals surface area contributed by atoms with Crippen LogP contribution in [0.4, 0.5) is 0 Å². The predicted molar refractivity (Wildman–Crippen MR) is 56.4 cm³/mol. The number of aliphatic carboxylic acids is 1. The SMILES string of the molecule is CCCCC(CC)COC(C)C(=O)O. The second-order valence-corrected chi connectivity index (χ2v) is 3.73. The van der Waals surface area contributed by atoms with E-state index >= 15 is 0 Å². The topological polar surface area (TPSA) is 46.5 Å². The Hall–Kier alpha value is -0.570. The standard InChI is InChI=1S/C11H22O3/c1-4-6-7-10(5-2)8-14-9(3)11(12)13/h9-10H,4-8H2,1-3H3,(H,12,13). The summed E-state index contributed by atoms with van der Waals surface area (Å²) < 4.78 is 5.25. The van der Waals surface area contributed by atoms with E-state index in [9.17, 15) is 4.79 Å². The molecule has 3 nitrogen and oxygen atoms in total. The first-order valence-electron chi connectivity index (χ1n) is 5.46. The summed E-state index contributed by atoms with van der Waals surface area (Å²) in [6.45, 7) is 6.43. The van der Waals surface area contributed by atoms with E-state index in [1.54, 1.807) is 6.92 Å². The Labute approximate surface area is 86.5 Å². The van der Waals surface area contributed by atoms with E-state index in [0.29, 0.717) is 12.5 Å². The summed E-state index contributed by atoms with van der Waals surface area (Å²) in [5.41, 5.74) is 0. The summed E-state index contributed by atoms with van der Waals surface area (Å²) in [7, 11) is 0. The highest BCUT2D eigenvalue weighted by Gasteiger charge is 2.13. The van der Waals surface area contributed by atoms with Gasteiger partial charge in [-0.05, 0) is 19.3 Å². The second kappa shape index (κ2) is 7.80. The normalized spacial score (nSPS) is 15.1.